The Morgan fingerprint density at radius 1 is 1.25 bits per heavy atom. The number of nitrogens with zero attached hydrogens (tertiary/aromatic N) is 2. The first-order valence-electron chi connectivity index (χ1n) is 6.86. The number of furan rings is 1. The van der Waals surface area contributed by atoms with Gasteiger partial charge in [-0.15, -0.1) is 0 Å². The van der Waals surface area contributed by atoms with Crippen molar-refractivity contribution < 1.29 is 23.1 Å². The highest BCUT2D eigenvalue weighted by atomic mass is 19.1. The van der Waals surface area contributed by atoms with E-state index in [-0.39, 0.29) is 29.3 Å². The topological polar surface area (TPSA) is 88.2 Å². The smallest absolute Gasteiger partial charge is 0.339 e. The van der Waals surface area contributed by atoms with Gasteiger partial charge in [0.2, 0.25) is 5.95 Å². The zero-order valence-corrected chi connectivity index (χ0v) is 12.2. The van der Waals surface area contributed by atoms with Crippen LogP contribution >= 0.6 is 0 Å². The molecule has 3 aromatic rings. The third kappa shape index (κ3) is 3.37. The second-order valence-corrected chi connectivity index (χ2v) is 4.85. The van der Waals surface area contributed by atoms with Crippen LogP contribution in [0.2, 0.25) is 0 Å². The SMILES string of the molecule is O=C(O)c1cnc(NCc2ccco2)nc1-c1cc(F)cc(F)c1. The highest BCUT2D eigenvalue weighted by Gasteiger charge is 2.17. The van der Waals surface area contributed by atoms with Crippen LogP contribution in [0.15, 0.2) is 47.2 Å². The van der Waals surface area contributed by atoms with Crippen molar-refractivity contribution in [2.24, 2.45) is 0 Å². The van der Waals surface area contributed by atoms with Crippen molar-refractivity contribution in [2.45, 2.75) is 6.54 Å². The number of carboxylic acids is 1. The number of anilines is 1. The molecule has 0 saturated heterocycles. The highest BCUT2D eigenvalue weighted by Crippen LogP contribution is 2.24. The van der Waals surface area contributed by atoms with Gasteiger partial charge in [0, 0.05) is 17.8 Å². The molecule has 6 nitrogen and oxygen atoms in total. The molecule has 0 aliphatic heterocycles. The van der Waals surface area contributed by atoms with Gasteiger partial charge in [-0.3, -0.25) is 0 Å². The number of nitrogens with one attached hydrogen (secondary N) is 1. The van der Waals surface area contributed by atoms with Gasteiger partial charge in [0.15, 0.2) is 0 Å². The molecular formula is C16H11F2N3O3. The summed E-state index contributed by atoms with van der Waals surface area (Å²) in [4.78, 5) is 19.3. The summed E-state index contributed by atoms with van der Waals surface area (Å²) in [5.41, 5.74) is -0.338. The van der Waals surface area contributed by atoms with E-state index in [1.165, 1.54) is 6.26 Å². The Morgan fingerprint density at radius 2 is 2.00 bits per heavy atom. The maximum Gasteiger partial charge on any atom is 0.339 e. The number of carboxylic acid groups (broad SMARTS) is 1. The molecule has 0 amide bonds. The Balaban J connectivity index is 1.98. The molecule has 24 heavy (non-hydrogen) atoms. The van der Waals surface area contributed by atoms with Gasteiger partial charge in [-0.25, -0.2) is 23.5 Å². The van der Waals surface area contributed by atoms with Crippen LogP contribution < -0.4 is 5.32 Å². The fourth-order valence-corrected chi connectivity index (χ4v) is 2.11. The first-order valence-corrected chi connectivity index (χ1v) is 6.86. The number of halogens is 2. The molecule has 0 bridgehead atoms. The first-order chi connectivity index (χ1) is 11.5. The molecule has 8 heteroatoms. The van der Waals surface area contributed by atoms with Crippen LogP contribution in [0, 0.1) is 11.6 Å². The van der Waals surface area contributed by atoms with E-state index in [1.807, 2.05) is 0 Å². The van der Waals surface area contributed by atoms with Crippen molar-refractivity contribution >= 4 is 11.9 Å². The van der Waals surface area contributed by atoms with Crippen molar-refractivity contribution in [3.8, 4) is 11.3 Å². The van der Waals surface area contributed by atoms with Crippen molar-refractivity contribution in [2.75, 3.05) is 5.32 Å². The number of aromatic nitrogens is 2. The van der Waals surface area contributed by atoms with Gasteiger partial charge in [0.05, 0.1) is 18.5 Å². The lowest BCUT2D eigenvalue weighted by atomic mass is 10.1. The number of benzene rings is 1. The van der Waals surface area contributed by atoms with Crippen LogP contribution in [0.3, 0.4) is 0 Å². The molecule has 0 atom stereocenters. The van der Waals surface area contributed by atoms with Gasteiger partial charge in [-0.1, -0.05) is 0 Å². The summed E-state index contributed by atoms with van der Waals surface area (Å²) in [7, 11) is 0. The number of hydrogen-bond acceptors (Lipinski definition) is 5. The standard InChI is InChI=1S/C16H11F2N3O3/c17-10-4-9(5-11(18)6-10)14-13(15(22)23)8-20-16(21-14)19-7-12-2-1-3-24-12/h1-6,8H,7H2,(H,22,23)(H,19,20,21). The van der Waals surface area contributed by atoms with E-state index >= 15 is 0 Å². The predicted molar refractivity (Wildman–Crippen MR) is 80.4 cm³/mol. The molecular weight excluding hydrogens is 320 g/mol. The summed E-state index contributed by atoms with van der Waals surface area (Å²) in [6.07, 6.45) is 2.59. The van der Waals surface area contributed by atoms with Crippen LogP contribution in [-0.4, -0.2) is 21.0 Å². The van der Waals surface area contributed by atoms with Gasteiger partial charge in [-0.05, 0) is 24.3 Å². The minimum Gasteiger partial charge on any atom is -0.478 e. The molecule has 0 unspecified atom stereocenters. The van der Waals surface area contributed by atoms with E-state index in [4.69, 9.17) is 4.42 Å². The van der Waals surface area contributed by atoms with Crippen LogP contribution in [0.4, 0.5) is 14.7 Å². The summed E-state index contributed by atoms with van der Waals surface area (Å²) >= 11 is 0. The summed E-state index contributed by atoms with van der Waals surface area (Å²) in [5, 5.41) is 12.1. The minimum atomic E-state index is -1.30. The molecule has 2 N–H and O–H groups in total. The maximum absolute atomic E-state index is 13.4. The van der Waals surface area contributed by atoms with Crippen molar-refractivity contribution in [3.05, 3.63) is 65.7 Å². The number of aromatic carboxylic acids is 1. The summed E-state index contributed by atoms with van der Waals surface area (Å²) < 4.78 is 32.0. The van der Waals surface area contributed by atoms with Crippen molar-refractivity contribution in [1.29, 1.82) is 0 Å². The normalized spacial score (nSPS) is 10.6. The maximum atomic E-state index is 13.4. The second-order valence-electron chi connectivity index (χ2n) is 4.85. The molecule has 0 aliphatic rings. The molecule has 3 rings (SSSR count). The lowest BCUT2D eigenvalue weighted by Crippen LogP contribution is -2.08. The van der Waals surface area contributed by atoms with E-state index in [0.29, 0.717) is 11.8 Å². The van der Waals surface area contributed by atoms with Gasteiger partial charge in [-0.2, -0.15) is 0 Å². The van der Waals surface area contributed by atoms with Crippen LogP contribution in [-0.2, 0) is 6.54 Å². The highest BCUT2D eigenvalue weighted by molar-refractivity contribution is 5.94. The molecule has 0 aliphatic carbocycles. The second kappa shape index (κ2) is 6.45. The van der Waals surface area contributed by atoms with E-state index in [9.17, 15) is 18.7 Å². The van der Waals surface area contributed by atoms with Crippen LogP contribution in [0.5, 0.6) is 0 Å². The minimum absolute atomic E-state index is 0.00773. The monoisotopic (exact) mass is 331 g/mol. The largest absolute Gasteiger partial charge is 0.478 e. The van der Waals surface area contributed by atoms with Crippen molar-refractivity contribution in [3.63, 3.8) is 0 Å². The number of hydrogen-bond donors (Lipinski definition) is 2. The number of rotatable bonds is 5. The van der Waals surface area contributed by atoms with Crippen LogP contribution in [0.25, 0.3) is 11.3 Å². The molecule has 122 valence electrons. The van der Waals surface area contributed by atoms with E-state index in [2.05, 4.69) is 15.3 Å². The molecule has 0 fully saturated rings. The van der Waals surface area contributed by atoms with Gasteiger partial charge < -0.3 is 14.8 Å². The lowest BCUT2D eigenvalue weighted by molar-refractivity contribution is 0.0697. The van der Waals surface area contributed by atoms with E-state index in [1.54, 1.807) is 12.1 Å². The fourth-order valence-electron chi connectivity index (χ4n) is 2.11. The summed E-state index contributed by atoms with van der Waals surface area (Å²) in [5.74, 6) is -2.22. The molecule has 0 radical (unpaired) electrons. The first kappa shape index (κ1) is 15.6. The van der Waals surface area contributed by atoms with Gasteiger partial charge in [0.1, 0.15) is 23.0 Å². The summed E-state index contributed by atoms with van der Waals surface area (Å²) in [6.45, 7) is 0.274. The molecule has 0 saturated carbocycles. The van der Waals surface area contributed by atoms with Gasteiger partial charge >= 0.3 is 5.97 Å². The average molecular weight is 331 g/mol. The van der Waals surface area contributed by atoms with Gasteiger partial charge in [0.25, 0.3) is 0 Å². The third-order valence-electron chi connectivity index (χ3n) is 3.16. The Bertz CT molecular complexity index is 862. The quantitative estimate of drug-likeness (QED) is 0.745. The zero-order valence-electron chi connectivity index (χ0n) is 12.2. The molecule has 2 heterocycles. The van der Waals surface area contributed by atoms with E-state index in [0.717, 1.165) is 18.3 Å². The zero-order chi connectivity index (χ0) is 17.1. The average Bonchev–Trinajstić information content (AvgIpc) is 3.05. The third-order valence-corrected chi connectivity index (χ3v) is 3.16. The molecule has 1 aromatic carbocycles. The number of carbonyl (C=O) groups is 1. The fraction of sp³-hybridized carbons (Fsp3) is 0.0625. The molecule has 2 aromatic heterocycles. The Hall–Kier alpha value is -3.29. The Kier molecular flexibility index (Phi) is 4.19. The Labute approximate surface area is 134 Å². The predicted octanol–water partition coefficient (Wildman–Crippen LogP) is 3.33. The molecule has 0 spiro atoms. The Morgan fingerprint density at radius 3 is 2.62 bits per heavy atom. The lowest BCUT2D eigenvalue weighted by Gasteiger charge is -2.09. The summed E-state index contributed by atoms with van der Waals surface area (Å²) in [6, 6.07) is 6.16. The van der Waals surface area contributed by atoms with E-state index < -0.39 is 17.6 Å². The van der Waals surface area contributed by atoms with Crippen LogP contribution in [0.1, 0.15) is 16.1 Å². The van der Waals surface area contributed by atoms with Crippen molar-refractivity contribution in [1.82, 2.24) is 9.97 Å².